The molecule has 3 aromatic rings. The summed E-state index contributed by atoms with van der Waals surface area (Å²) in [5.74, 6) is -2.63. The largest absolute Gasteiger partial charge is 0.462 e. The minimum Gasteiger partial charge on any atom is -0.462 e. The highest BCUT2D eigenvalue weighted by Crippen LogP contribution is 2.28. The van der Waals surface area contributed by atoms with Gasteiger partial charge in [0.2, 0.25) is 0 Å². The van der Waals surface area contributed by atoms with Crippen LogP contribution >= 0.6 is 11.3 Å². The molecule has 2 aromatic carbocycles. The molecule has 0 bridgehead atoms. The van der Waals surface area contributed by atoms with Gasteiger partial charge in [-0.25, -0.2) is 9.78 Å². The molecule has 1 aromatic heterocycles. The minimum absolute atomic E-state index is 0.114. The Hall–Kier alpha value is -4.65. The van der Waals surface area contributed by atoms with Gasteiger partial charge in [0.1, 0.15) is 11.4 Å². The summed E-state index contributed by atoms with van der Waals surface area (Å²) in [4.78, 5) is 66.3. The first-order valence-electron chi connectivity index (χ1n) is 11.8. The number of carbonyl (C=O) groups is 4. The van der Waals surface area contributed by atoms with Crippen molar-refractivity contribution in [1.29, 1.82) is 0 Å². The number of nitro groups is 1. The van der Waals surface area contributed by atoms with Crippen LogP contribution in [0, 0.1) is 24.0 Å². The number of rotatable bonds is 11. The topological polar surface area (TPSA) is 158 Å². The fourth-order valence-corrected chi connectivity index (χ4v) is 4.42. The van der Waals surface area contributed by atoms with Gasteiger partial charge in [0.25, 0.3) is 17.5 Å². The van der Waals surface area contributed by atoms with Crippen molar-refractivity contribution in [1.82, 2.24) is 10.3 Å². The van der Waals surface area contributed by atoms with Crippen molar-refractivity contribution in [2.75, 3.05) is 24.7 Å². The number of aryl methyl sites for hydroxylation is 2. The van der Waals surface area contributed by atoms with Crippen LogP contribution in [0.5, 0.6) is 0 Å². The molecule has 0 saturated heterocycles. The molecule has 1 heterocycles. The van der Waals surface area contributed by atoms with Crippen LogP contribution in [-0.2, 0) is 25.6 Å². The molecular formula is C26H26N4O8S. The third-order valence-corrected chi connectivity index (χ3v) is 6.53. The normalized spacial score (nSPS) is 10.4. The van der Waals surface area contributed by atoms with E-state index in [2.05, 4.69) is 10.3 Å². The summed E-state index contributed by atoms with van der Waals surface area (Å²) in [5.41, 5.74) is 1.48. The van der Waals surface area contributed by atoms with Crippen molar-refractivity contribution in [3.63, 3.8) is 0 Å². The Bertz CT molecular complexity index is 1390. The van der Waals surface area contributed by atoms with E-state index in [1.165, 1.54) is 30.0 Å². The van der Waals surface area contributed by atoms with Crippen LogP contribution < -0.4 is 10.2 Å². The monoisotopic (exact) mass is 554 g/mol. The van der Waals surface area contributed by atoms with Crippen molar-refractivity contribution >= 4 is 45.9 Å². The summed E-state index contributed by atoms with van der Waals surface area (Å²) in [6.07, 6.45) is 0. The number of nitrogens with zero attached hydrogens (tertiary/aromatic N) is 3. The molecule has 0 radical (unpaired) electrons. The van der Waals surface area contributed by atoms with Gasteiger partial charge in [-0.05, 0) is 38.5 Å². The first-order chi connectivity index (χ1) is 18.6. The van der Waals surface area contributed by atoms with Crippen molar-refractivity contribution < 1.29 is 33.6 Å². The van der Waals surface area contributed by atoms with E-state index in [0.717, 1.165) is 16.9 Å². The highest BCUT2D eigenvalue weighted by atomic mass is 32.1. The number of anilines is 1. The predicted molar refractivity (Wildman–Crippen MR) is 142 cm³/mol. The Labute approximate surface area is 227 Å². The lowest BCUT2D eigenvalue weighted by molar-refractivity contribution is -0.385. The van der Waals surface area contributed by atoms with E-state index in [1.54, 1.807) is 13.8 Å². The van der Waals surface area contributed by atoms with Crippen molar-refractivity contribution in [2.45, 2.75) is 27.3 Å². The van der Waals surface area contributed by atoms with Crippen LogP contribution in [0.3, 0.4) is 0 Å². The fourth-order valence-electron chi connectivity index (χ4n) is 3.44. The molecule has 0 fully saturated rings. The molecule has 3 rings (SSSR count). The van der Waals surface area contributed by atoms with Crippen molar-refractivity contribution in [2.24, 2.45) is 0 Å². The van der Waals surface area contributed by atoms with Gasteiger partial charge in [0, 0.05) is 17.2 Å². The maximum atomic E-state index is 13.1. The molecule has 12 nitrogen and oxygen atoms in total. The molecule has 13 heteroatoms. The highest BCUT2D eigenvalue weighted by Gasteiger charge is 2.25. The zero-order valence-corrected chi connectivity index (χ0v) is 22.3. The van der Waals surface area contributed by atoms with Gasteiger partial charge in [0.15, 0.2) is 11.7 Å². The van der Waals surface area contributed by atoms with E-state index in [1.807, 2.05) is 30.3 Å². The van der Waals surface area contributed by atoms with Crippen LogP contribution in [-0.4, -0.2) is 53.4 Å². The third kappa shape index (κ3) is 7.68. The second kappa shape index (κ2) is 13.2. The molecule has 1 N–H and O–H groups in total. The van der Waals surface area contributed by atoms with E-state index in [0.29, 0.717) is 11.3 Å². The number of amides is 2. The first-order valence-corrected chi connectivity index (χ1v) is 12.6. The van der Waals surface area contributed by atoms with Crippen LogP contribution in [0.15, 0.2) is 48.5 Å². The van der Waals surface area contributed by atoms with Crippen molar-refractivity contribution in [3.05, 3.63) is 85.9 Å². The number of benzene rings is 2. The van der Waals surface area contributed by atoms with Gasteiger partial charge in [-0.2, -0.15) is 0 Å². The lowest BCUT2D eigenvalue weighted by Crippen LogP contribution is -2.36. The molecule has 204 valence electrons. The Kier molecular flexibility index (Phi) is 9.81. The Morgan fingerprint density at radius 1 is 1.08 bits per heavy atom. The number of hydrogen-bond acceptors (Lipinski definition) is 10. The zero-order valence-electron chi connectivity index (χ0n) is 21.5. The smallest absolute Gasteiger partial charge is 0.350 e. The number of hydrogen-bond donors (Lipinski definition) is 1. The van der Waals surface area contributed by atoms with Crippen LogP contribution in [0.25, 0.3) is 0 Å². The Balaban J connectivity index is 1.65. The highest BCUT2D eigenvalue weighted by molar-refractivity contribution is 7.17. The third-order valence-electron chi connectivity index (χ3n) is 5.37. The number of carbonyl (C=O) groups excluding carboxylic acids is 4. The van der Waals surface area contributed by atoms with E-state index in [-0.39, 0.29) is 34.4 Å². The van der Waals surface area contributed by atoms with Crippen molar-refractivity contribution in [3.8, 4) is 0 Å². The van der Waals surface area contributed by atoms with Gasteiger partial charge in [0.05, 0.1) is 23.8 Å². The van der Waals surface area contributed by atoms with E-state index < -0.39 is 41.8 Å². The average Bonchev–Trinajstić information content (AvgIpc) is 3.30. The van der Waals surface area contributed by atoms with Crippen LogP contribution in [0.4, 0.5) is 10.8 Å². The summed E-state index contributed by atoms with van der Waals surface area (Å²) in [6, 6.07) is 12.9. The quantitative estimate of drug-likeness (QED) is 0.213. The SMILES string of the molecule is CCOC(=O)c1sc(N(Cc2ccccc2)C(=O)COC(=O)CNC(=O)c2ccc([N+](=O)[O-])c(C)c2)nc1C. The molecule has 39 heavy (non-hydrogen) atoms. The Morgan fingerprint density at radius 3 is 2.44 bits per heavy atom. The number of esters is 2. The number of aromatic nitrogens is 1. The molecule has 0 aliphatic carbocycles. The molecule has 2 amide bonds. The fraction of sp³-hybridized carbons (Fsp3) is 0.269. The summed E-state index contributed by atoms with van der Waals surface area (Å²) in [7, 11) is 0. The number of nitrogens with one attached hydrogen (secondary N) is 1. The molecule has 0 aliphatic heterocycles. The Morgan fingerprint density at radius 2 is 1.79 bits per heavy atom. The lowest BCUT2D eigenvalue weighted by Gasteiger charge is -2.20. The molecule has 0 unspecified atom stereocenters. The van der Waals surface area contributed by atoms with Gasteiger partial charge in [-0.3, -0.25) is 29.4 Å². The maximum Gasteiger partial charge on any atom is 0.350 e. The standard InChI is InChI=1S/C26H26N4O8S/c1-4-37-25(34)23-17(3)28-26(39-23)29(14-18-8-6-5-7-9-18)21(31)15-38-22(32)13-27-24(33)19-10-11-20(30(35)36)16(2)12-19/h5-12H,4,13-15H2,1-3H3,(H,27,33). The lowest BCUT2D eigenvalue weighted by atomic mass is 10.1. The molecule has 0 saturated carbocycles. The van der Waals surface area contributed by atoms with Crippen LogP contribution in [0.1, 0.15) is 43.8 Å². The second-order valence-corrected chi connectivity index (χ2v) is 9.18. The molecular weight excluding hydrogens is 528 g/mol. The van der Waals surface area contributed by atoms with Gasteiger partial charge < -0.3 is 14.8 Å². The minimum atomic E-state index is -0.863. The van der Waals surface area contributed by atoms with Crippen LogP contribution in [0.2, 0.25) is 0 Å². The number of nitro benzene ring substituents is 1. The molecule has 0 atom stereocenters. The predicted octanol–water partition coefficient (Wildman–Crippen LogP) is 3.35. The van der Waals surface area contributed by atoms with E-state index in [4.69, 9.17) is 9.47 Å². The van der Waals surface area contributed by atoms with E-state index in [9.17, 15) is 29.3 Å². The summed E-state index contributed by atoms with van der Waals surface area (Å²) in [5, 5.41) is 13.6. The summed E-state index contributed by atoms with van der Waals surface area (Å²) in [6.45, 7) is 3.96. The summed E-state index contributed by atoms with van der Waals surface area (Å²) >= 11 is 0.993. The maximum absolute atomic E-state index is 13.1. The van der Waals surface area contributed by atoms with Gasteiger partial charge >= 0.3 is 11.9 Å². The van der Waals surface area contributed by atoms with Gasteiger partial charge in [-0.15, -0.1) is 0 Å². The number of thiazole rings is 1. The molecule has 0 aliphatic rings. The van der Waals surface area contributed by atoms with E-state index >= 15 is 0 Å². The molecule has 0 spiro atoms. The number of ether oxygens (including phenoxy) is 2. The average molecular weight is 555 g/mol. The summed E-state index contributed by atoms with van der Waals surface area (Å²) < 4.78 is 10.1. The van der Waals surface area contributed by atoms with Gasteiger partial charge in [-0.1, -0.05) is 41.7 Å². The zero-order chi connectivity index (χ0) is 28.5. The second-order valence-electron chi connectivity index (χ2n) is 8.20. The first kappa shape index (κ1) is 28.9.